The number of benzene rings is 2. The number of nitrogens with zero attached hydrogens (tertiary/aromatic N) is 2. The first-order chi connectivity index (χ1) is 13.2. The van der Waals surface area contributed by atoms with Gasteiger partial charge in [0.15, 0.2) is 0 Å². The number of ether oxygens (including phenoxy) is 1. The largest absolute Gasteiger partial charge is 0.497 e. The van der Waals surface area contributed by atoms with Crippen LogP contribution in [0.4, 0.5) is 5.69 Å². The van der Waals surface area contributed by atoms with Crippen LogP contribution in [0.5, 0.6) is 5.75 Å². The van der Waals surface area contributed by atoms with Crippen molar-refractivity contribution < 1.29 is 9.53 Å². The number of anilines is 1. The van der Waals surface area contributed by atoms with Crippen LogP contribution in [0.25, 0.3) is 11.4 Å². The monoisotopic (exact) mass is 425 g/mol. The van der Waals surface area contributed by atoms with E-state index < -0.39 is 0 Å². The number of rotatable bonds is 4. The third-order valence-corrected chi connectivity index (χ3v) is 5.51. The molecule has 0 saturated carbocycles. The number of imidazole rings is 1. The molecule has 1 amide bonds. The normalized spacial score (nSPS) is 13.1. The molecule has 4 rings (SSSR count). The third-order valence-electron chi connectivity index (χ3n) is 4.82. The SMILES string of the molecule is COc1ccc(Br)c(C(=O)Nc2ccc(-c3ncc4n3CCCC4)cc2)c1. The molecule has 1 aliphatic rings. The minimum Gasteiger partial charge on any atom is -0.497 e. The van der Waals surface area contributed by atoms with Crippen LogP contribution in [0.15, 0.2) is 53.1 Å². The maximum Gasteiger partial charge on any atom is 0.256 e. The molecule has 0 spiro atoms. The molecule has 27 heavy (non-hydrogen) atoms. The number of hydrogen-bond acceptors (Lipinski definition) is 3. The van der Waals surface area contributed by atoms with Gasteiger partial charge in [0.05, 0.1) is 12.7 Å². The molecule has 1 N–H and O–H groups in total. The van der Waals surface area contributed by atoms with Crippen molar-refractivity contribution in [2.45, 2.75) is 25.8 Å². The maximum atomic E-state index is 12.6. The molecule has 3 aromatic rings. The van der Waals surface area contributed by atoms with Gasteiger partial charge < -0.3 is 14.6 Å². The van der Waals surface area contributed by atoms with E-state index >= 15 is 0 Å². The van der Waals surface area contributed by atoms with E-state index in [1.807, 2.05) is 30.5 Å². The predicted octanol–water partition coefficient (Wildman–Crippen LogP) is 4.91. The third kappa shape index (κ3) is 3.62. The van der Waals surface area contributed by atoms with Gasteiger partial charge in [0.1, 0.15) is 11.6 Å². The molecule has 0 saturated heterocycles. The summed E-state index contributed by atoms with van der Waals surface area (Å²) in [6.07, 6.45) is 5.50. The second kappa shape index (κ2) is 7.56. The number of fused-ring (bicyclic) bond motifs is 1. The second-order valence-electron chi connectivity index (χ2n) is 6.56. The molecule has 0 atom stereocenters. The Labute approximate surface area is 166 Å². The van der Waals surface area contributed by atoms with E-state index in [-0.39, 0.29) is 5.91 Å². The number of methoxy groups -OCH3 is 1. The van der Waals surface area contributed by atoms with Gasteiger partial charge in [0.25, 0.3) is 5.91 Å². The number of carbonyl (C=O) groups is 1. The second-order valence-corrected chi connectivity index (χ2v) is 7.41. The molecule has 6 heteroatoms. The molecule has 0 fully saturated rings. The fourth-order valence-corrected chi connectivity index (χ4v) is 3.80. The van der Waals surface area contributed by atoms with Crippen molar-refractivity contribution in [1.29, 1.82) is 0 Å². The van der Waals surface area contributed by atoms with Crippen molar-refractivity contribution in [1.82, 2.24) is 9.55 Å². The first-order valence-corrected chi connectivity index (χ1v) is 9.75. The minimum absolute atomic E-state index is 0.188. The highest BCUT2D eigenvalue weighted by molar-refractivity contribution is 9.10. The summed E-state index contributed by atoms with van der Waals surface area (Å²) in [6.45, 7) is 1.02. The molecule has 5 nitrogen and oxygen atoms in total. The van der Waals surface area contributed by atoms with Gasteiger partial charge in [-0.1, -0.05) is 0 Å². The number of aromatic nitrogens is 2. The fraction of sp³-hybridized carbons (Fsp3) is 0.238. The van der Waals surface area contributed by atoms with Crippen molar-refractivity contribution in [2.75, 3.05) is 12.4 Å². The molecule has 0 bridgehead atoms. The van der Waals surface area contributed by atoms with Gasteiger partial charge >= 0.3 is 0 Å². The molecular weight excluding hydrogens is 406 g/mol. The molecular formula is C21H20BrN3O2. The number of carbonyl (C=O) groups excluding carboxylic acids is 1. The van der Waals surface area contributed by atoms with Gasteiger partial charge in [-0.15, -0.1) is 0 Å². The smallest absolute Gasteiger partial charge is 0.256 e. The van der Waals surface area contributed by atoms with E-state index in [1.54, 1.807) is 25.3 Å². The summed E-state index contributed by atoms with van der Waals surface area (Å²) in [7, 11) is 1.58. The minimum atomic E-state index is -0.188. The molecule has 0 aliphatic carbocycles. The van der Waals surface area contributed by atoms with Crippen LogP contribution in [0.1, 0.15) is 28.9 Å². The summed E-state index contributed by atoms with van der Waals surface area (Å²) in [5, 5.41) is 2.93. The van der Waals surface area contributed by atoms with Crippen molar-refractivity contribution in [3.05, 3.63) is 64.4 Å². The molecule has 0 radical (unpaired) electrons. The average molecular weight is 426 g/mol. The van der Waals surface area contributed by atoms with Gasteiger partial charge in [0, 0.05) is 34.2 Å². The van der Waals surface area contributed by atoms with Gasteiger partial charge in [0.2, 0.25) is 0 Å². The zero-order valence-electron chi connectivity index (χ0n) is 15.0. The first-order valence-electron chi connectivity index (χ1n) is 8.95. The summed E-state index contributed by atoms with van der Waals surface area (Å²) in [6, 6.07) is 13.1. The Morgan fingerprint density at radius 1 is 1.19 bits per heavy atom. The summed E-state index contributed by atoms with van der Waals surface area (Å²) in [4.78, 5) is 17.2. The molecule has 1 aromatic heterocycles. The summed E-state index contributed by atoms with van der Waals surface area (Å²) >= 11 is 3.42. The lowest BCUT2D eigenvalue weighted by atomic mass is 10.1. The highest BCUT2D eigenvalue weighted by Gasteiger charge is 2.16. The zero-order valence-corrected chi connectivity index (χ0v) is 16.6. The highest BCUT2D eigenvalue weighted by atomic mass is 79.9. The predicted molar refractivity (Wildman–Crippen MR) is 109 cm³/mol. The van der Waals surface area contributed by atoms with Gasteiger partial charge in [-0.05, 0) is 77.7 Å². The first kappa shape index (κ1) is 17.8. The van der Waals surface area contributed by atoms with Crippen LogP contribution in [0, 0.1) is 0 Å². The van der Waals surface area contributed by atoms with Crippen LogP contribution in [0.2, 0.25) is 0 Å². The van der Waals surface area contributed by atoms with E-state index in [0.717, 1.165) is 34.5 Å². The van der Waals surface area contributed by atoms with E-state index in [0.29, 0.717) is 11.3 Å². The zero-order chi connectivity index (χ0) is 18.8. The van der Waals surface area contributed by atoms with Crippen LogP contribution in [-0.2, 0) is 13.0 Å². The standard InChI is InChI=1S/C21H20BrN3O2/c1-27-17-9-10-19(22)18(12-17)21(26)24-15-7-5-14(6-8-15)20-23-13-16-4-2-3-11-25(16)20/h5-10,12-13H,2-4,11H2,1H3,(H,24,26). The van der Waals surface area contributed by atoms with E-state index in [1.165, 1.54) is 18.5 Å². The highest BCUT2D eigenvalue weighted by Crippen LogP contribution is 2.27. The van der Waals surface area contributed by atoms with E-state index in [2.05, 4.69) is 30.8 Å². The van der Waals surface area contributed by atoms with Crippen LogP contribution < -0.4 is 10.1 Å². The Morgan fingerprint density at radius 2 is 2.00 bits per heavy atom. The number of nitrogens with one attached hydrogen (secondary N) is 1. The van der Waals surface area contributed by atoms with Gasteiger partial charge in [-0.25, -0.2) is 4.98 Å². The Hall–Kier alpha value is -2.60. The quantitative estimate of drug-likeness (QED) is 0.645. The summed E-state index contributed by atoms with van der Waals surface area (Å²) in [5.41, 5.74) is 3.63. The Bertz CT molecular complexity index is 980. The van der Waals surface area contributed by atoms with Gasteiger partial charge in [-0.3, -0.25) is 4.79 Å². The van der Waals surface area contributed by atoms with Crippen molar-refractivity contribution in [3.8, 4) is 17.1 Å². The van der Waals surface area contributed by atoms with Crippen molar-refractivity contribution in [2.24, 2.45) is 0 Å². The maximum absolute atomic E-state index is 12.6. The molecule has 2 aromatic carbocycles. The average Bonchev–Trinajstić information content (AvgIpc) is 3.13. The number of hydrogen-bond donors (Lipinski definition) is 1. The summed E-state index contributed by atoms with van der Waals surface area (Å²) in [5.74, 6) is 1.45. The lowest BCUT2D eigenvalue weighted by molar-refractivity contribution is 0.102. The number of aryl methyl sites for hydroxylation is 1. The lowest BCUT2D eigenvalue weighted by Crippen LogP contribution is -2.13. The lowest BCUT2D eigenvalue weighted by Gasteiger charge is -2.16. The summed E-state index contributed by atoms with van der Waals surface area (Å²) < 4.78 is 8.22. The molecule has 138 valence electrons. The number of amides is 1. The Morgan fingerprint density at radius 3 is 2.78 bits per heavy atom. The van der Waals surface area contributed by atoms with Crippen molar-refractivity contribution in [3.63, 3.8) is 0 Å². The van der Waals surface area contributed by atoms with Crippen LogP contribution in [-0.4, -0.2) is 22.6 Å². The topological polar surface area (TPSA) is 56.1 Å². The molecule has 1 aliphatic heterocycles. The Kier molecular flexibility index (Phi) is 4.99. The fourth-order valence-electron chi connectivity index (χ4n) is 3.37. The van der Waals surface area contributed by atoms with E-state index in [4.69, 9.17) is 4.74 Å². The molecule has 2 heterocycles. The molecule has 0 unspecified atom stereocenters. The van der Waals surface area contributed by atoms with Gasteiger partial charge in [-0.2, -0.15) is 0 Å². The van der Waals surface area contributed by atoms with E-state index in [9.17, 15) is 4.79 Å². The van der Waals surface area contributed by atoms with Crippen LogP contribution in [0.3, 0.4) is 0 Å². The Balaban J connectivity index is 1.53. The van der Waals surface area contributed by atoms with Crippen molar-refractivity contribution >= 4 is 27.5 Å². The number of halogens is 1. The van der Waals surface area contributed by atoms with Crippen LogP contribution >= 0.6 is 15.9 Å².